The molecule has 0 aromatic rings. The van der Waals surface area contributed by atoms with Gasteiger partial charge in [-0.25, -0.2) is 0 Å². The Kier molecular flexibility index (Phi) is 7.33. The average Bonchev–Trinajstić information content (AvgIpc) is 2.38. The molecule has 1 aliphatic rings. The van der Waals surface area contributed by atoms with Crippen LogP contribution in [0.2, 0.25) is 0 Å². The van der Waals surface area contributed by atoms with Crippen molar-refractivity contribution in [1.29, 1.82) is 0 Å². The minimum Gasteiger partial charge on any atom is -0.356 e. The smallest absolute Gasteiger partial charge is 0.223 e. The first-order valence-corrected chi connectivity index (χ1v) is 7.72. The lowest BCUT2D eigenvalue weighted by atomic mass is 9.85. The monoisotopic (exact) mass is 254 g/mol. The lowest BCUT2D eigenvalue weighted by Crippen LogP contribution is -2.42. The minimum absolute atomic E-state index is 0.199. The number of amides is 1. The molecule has 1 aliphatic carbocycles. The van der Waals surface area contributed by atoms with Gasteiger partial charge in [0.15, 0.2) is 0 Å². The molecule has 0 aromatic heterocycles. The molecule has 3 heteroatoms. The Morgan fingerprint density at radius 3 is 2.67 bits per heavy atom. The molecular weight excluding hydrogens is 224 g/mol. The Hall–Kier alpha value is -0.570. The van der Waals surface area contributed by atoms with Crippen molar-refractivity contribution in [3.8, 4) is 0 Å². The van der Waals surface area contributed by atoms with Gasteiger partial charge in [0.05, 0.1) is 0 Å². The Balaban J connectivity index is 2.29. The first-order valence-electron chi connectivity index (χ1n) is 7.72. The van der Waals surface area contributed by atoms with Crippen molar-refractivity contribution in [2.75, 3.05) is 6.54 Å². The van der Waals surface area contributed by atoms with Gasteiger partial charge >= 0.3 is 0 Å². The molecule has 0 bridgehead atoms. The van der Waals surface area contributed by atoms with E-state index in [0.29, 0.717) is 5.92 Å². The van der Waals surface area contributed by atoms with Crippen LogP contribution in [-0.2, 0) is 4.79 Å². The van der Waals surface area contributed by atoms with Gasteiger partial charge in [0.25, 0.3) is 0 Å². The summed E-state index contributed by atoms with van der Waals surface area (Å²) in [7, 11) is 0. The van der Waals surface area contributed by atoms with Gasteiger partial charge in [-0.05, 0) is 31.6 Å². The maximum atomic E-state index is 12.1. The normalized spacial score (nSPS) is 25.7. The molecule has 1 rings (SSSR count). The summed E-state index contributed by atoms with van der Waals surface area (Å²) in [6.07, 6.45) is 9.09. The van der Waals surface area contributed by atoms with Crippen LogP contribution in [0.4, 0.5) is 0 Å². The molecule has 1 fully saturated rings. The maximum Gasteiger partial charge on any atom is 0.223 e. The molecule has 1 saturated carbocycles. The van der Waals surface area contributed by atoms with Crippen LogP contribution in [0, 0.1) is 11.8 Å². The number of hydrogen-bond donors (Lipinski definition) is 2. The van der Waals surface area contributed by atoms with Gasteiger partial charge in [0.1, 0.15) is 0 Å². The zero-order chi connectivity index (χ0) is 13.4. The van der Waals surface area contributed by atoms with E-state index < -0.39 is 0 Å². The van der Waals surface area contributed by atoms with Gasteiger partial charge in [-0.15, -0.1) is 0 Å². The van der Waals surface area contributed by atoms with Gasteiger partial charge in [0.2, 0.25) is 5.91 Å². The number of hydrogen-bond acceptors (Lipinski definition) is 2. The third kappa shape index (κ3) is 4.97. The van der Waals surface area contributed by atoms with Crippen LogP contribution < -0.4 is 11.1 Å². The fourth-order valence-electron chi connectivity index (χ4n) is 2.84. The van der Waals surface area contributed by atoms with Crippen LogP contribution in [0.15, 0.2) is 0 Å². The number of carbonyl (C=O) groups excluding carboxylic acids is 1. The predicted molar refractivity (Wildman–Crippen MR) is 76.2 cm³/mol. The summed E-state index contributed by atoms with van der Waals surface area (Å²) in [6, 6.07) is 0.287. The van der Waals surface area contributed by atoms with Crippen molar-refractivity contribution in [3.63, 3.8) is 0 Å². The Morgan fingerprint density at radius 1 is 1.33 bits per heavy atom. The van der Waals surface area contributed by atoms with Crippen molar-refractivity contribution >= 4 is 5.91 Å². The number of nitrogens with one attached hydrogen (secondary N) is 1. The Bertz CT molecular complexity index is 243. The Labute approximate surface area is 112 Å². The quantitative estimate of drug-likeness (QED) is 0.734. The largest absolute Gasteiger partial charge is 0.356 e. The molecule has 0 saturated heterocycles. The second-order valence-corrected chi connectivity index (χ2v) is 5.70. The van der Waals surface area contributed by atoms with E-state index in [-0.39, 0.29) is 17.9 Å². The van der Waals surface area contributed by atoms with E-state index in [1.807, 2.05) is 0 Å². The standard InChI is InChI=1S/C15H30N2O/c1-3-5-8-12(4-2)15(18)17-11-13-9-6-7-10-14(13)16/h12-14H,3-11,16H2,1-2H3,(H,17,18). The molecule has 0 radical (unpaired) electrons. The van der Waals surface area contributed by atoms with Crippen molar-refractivity contribution in [2.24, 2.45) is 17.6 Å². The average molecular weight is 254 g/mol. The second kappa shape index (κ2) is 8.52. The van der Waals surface area contributed by atoms with Crippen molar-refractivity contribution < 1.29 is 4.79 Å². The molecule has 3 unspecified atom stereocenters. The second-order valence-electron chi connectivity index (χ2n) is 5.70. The SMILES string of the molecule is CCCCC(CC)C(=O)NCC1CCCCC1N. The predicted octanol–water partition coefficient (Wildman–Crippen LogP) is 2.84. The summed E-state index contributed by atoms with van der Waals surface area (Å²) in [5.41, 5.74) is 6.10. The van der Waals surface area contributed by atoms with E-state index in [1.165, 1.54) is 19.3 Å². The first kappa shape index (κ1) is 15.5. The van der Waals surface area contributed by atoms with Gasteiger partial charge in [-0.1, -0.05) is 39.5 Å². The highest BCUT2D eigenvalue weighted by Gasteiger charge is 2.23. The van der Waals surface area contributed by atoms with E-state index >= 15 is 0 Å². The summed E-state index contributed by atoms with van der Waals surface area (Å²) in [5.74, 6) is 0.930. The maximum absolute atomic E-state index is 12.1. The lowest BCUT2D eigenvalue weighted by molar-refractivity contribution is -0.125. The van der Waals surface area contributed by atoms with Crippen molar-refractivity contribution in [3.05, 3.63) is 0 Å². The van der Waals surface area contributed by atoms with Gasteiger partial charge < -0.3 is 11.1 Å². The summed E-state index contributed by atoms with van der Waals surface area (Å²) in [5, 5.41) is 3.12. The molecule has 1 amide bonds. The van der Waals surface area contributed by atoms with Gasteiger partial charge in [-0.2, -0.15) is 0 Å². The number of nitrogens with two attached hydrogens (primary N) is 1. The van der Waals surface area contributed by atoms with Crippen LogP contribution in [0.3, 0.4) is 0 Å². The van der Waals surface area contributed by atoms with Gasteiger partial charge in [0, 0.05) is 18.5 Å². The van der Waals surface area contributed by atoms with Crippen LogP contribution >= 0.6 is 0 Å². The summed E-state index contributed by atoms with van der Waals surface area (Å²) < 4.78 is 0. The van der Waals surface area contributed by atoms with Crippen LogP contribution in [0.25, 0.3) is 0 Å². The molecule has 18 heavy (non-hydrogen) atoms. The van der Waals surface area contributed by atoms with Crippen LogP contribution in [0.1, 0.15) is 65.2 Å². The number of unbranched alkanes of at least 4 members (excludes halogenated alkanes) is 1. The highest BCUT2D eigenvalue weighted by Crippen LogP contribution is 2.22. The minimum atomic E-state index is 0.199. The summed E-state index contributed by atoms with van der Waals surface area (Å²) in [6.45, 7) is 5.06. The molecule has 0 heterocycles. The van der Waals surface area contributed by atoms with E-state index in [2.05, 4.69) is 19.2 Å². The fourth-order valence-corrected chi connectivity index (χ4v) is 2.84. The van der Waals surface area contributed by atoms with Crippen molar-refractivity contribution in [1.82, 2.24) is 5.32 Å². The first-order chi connectivity index (χ1) is 8.69. The zero-order valence-corrected chi connectivity index (χ0v) is 12.1. The Morgan fingerprint density at radius 2 is 2.06 bits per heavy atom. The van der Waals surface area contributed by atoms with E-state index in [1.54, 1.807) is 0 Å². The van der Waals surface area contributed by atoms with Crippen LogP contribution in [-0.4, -0.2) is 18.5 Å². The van der Waals surface area contributed by atoms with E-state index in [4.69, 9.17) is 5.73 Å². The molecule has 0 aliphatic heterocycles. The van der Waals surface area contributed by atoms with Crippen molar-refractivity contribution in [2.45, 2.75) is 71.3 Å². The van der Waals surface area contributed by atoms with Gasteiger partial charge in [-0.3, -0.25) is 4.79 Å². The van der Waals surface area contributed by atoms with E-state index in [9.17, 15) is 4.79 Å². The van der Waals surface area contributed by atoms with Crippen LogP contribution in [0.5, 0.6) is 0 Å². The molecule has 0 aromatic carbocycles. The third-order valence-corrected chi connectivity index (χ3v) is 4.28. The molecule has 3 nitrogen and oxygen atoms in total. The number of rotatable bonds is 7. The highest BCUT2D eigenvalue weighted by molar-refractivity contribution is 5.78. The third-order valence-electron chi connectivity index (χ3n) is 4.28. The highest BCUT2D eigenvalue weighted by atomic mass is 16.1. The topological polar surface area (TPSA) is 55.1 Å². The molecule has 106 valence electrons. The molecule has 0 spiro atoms. The summed E-state index contributed by atoms with van der Waals surface area (Å²) in [4.78, 5) is 12.1. The molecule has 3 N–H and O–H groups in total. The lowest BCUT2D eigenvalue weighted by Gasteiger charge is -2.29. The molecular formula is C15H30N2O. The fraction of sp³-hybridized carbons (Fsp3) is 0.933. The summed E-state index contributed by atoms with van der Waals surface area (Å²) >= 11 is 0. The number of carbonyl (C=O) groups is 1. The van der Waals surface area contributed by atoms with E-state index in [0.717, 1.165) is 38.6 Å². The molecule has 3 atom stereocenters. The zero-order valence-electron chi connectivity index (χ0n) is 12.1.